The molecule has 0 amide bonds. The molecule has 0 spiro atoms. The van der Waals surface area contributed by atoms with Gasteiger partial charge in [-0.15, -0.1) is 0 Å². The Morgan fingerprint density at radius 2 is 2.18 bits per heavy atom. The highest BCUT2D eigenvalue weighted by molar-refractivity contribution is 4.86. The van der Waals surface area contributed by atoms with E-state index < -0.39 is 0 Å². The molecule has 3 nitrogen and oxygen atoms in total. The molecule has 2 atom stereocenters. The summed E-state index contributed by atoms with van der Waals surface area (Å²) in [6.07, 6.45) is 5.39. The third-order valence-corrected chi connectivity index (χ3v) is 4.29. The zero-order chi connectivity index (χ0) is 12.1. The molecule has 0 saturated carbocycles. The van der Waals surface area contributed by atoms with Crippen LogP contribution in [-0.4, -0.2) is 61.2 Å². The molecule has 2 aliphatic rings. The van der Waals surface area contributed by atoms with Gasteiger partial charge in [0.1, 0.15) is 0 Å². The molecule has 0 radical (unpaired) electrons. The van der Waals surface area contributed by atoms with Crippen molar-refractivity contribution in [2.45, 2.75) is 51.6 Å². The molecule has 0 aliphatic carbocycles. The maximum absolute atomic E-state index is 3.58. The van der Waals surface area contributed by atoms with E-state index in [-0.39, 0.29) is 0 Å². The van der Waals surface area contributed by atoms with Gasteiger partial charge in [-0.1, -0.05) is 6.92 Å². The van der Waals surface area contributed by atoms with Crippen LogP contribution in [0.25, 0.3) is 0 Å². The molecule has 2 unspecified atom stereocenters. The van der Waals surface area contributed by atoms with Crippen LogP contribution in [0.1, 0.15) is 39.5 Å². The van der Waals surface area contributed by atoms with Gasteiger partial charge in [0.15, 0.2) is 0 Å². The number of nitrogens with one attached hydrogen (secondary N) is 1. The number of hydrogen-bond donors (Lipinski definition) is 1. The average Bonchev–Trinajstić information content (AvgIpc) is 2.81. The molecule has 2 heterocycles. The normalized spacial score (nSPS) is 28.2. The third kappa shape index (κ3) is 3.94. The van der Waals surface area contributed by atoms with E-state index in [0.29, 0.717) is 6.04 Å². The van der Waals surface area contributed by atoms with Gasteiger partial charge in [0.05, 0.1) is 0 Å². The smallest absolute Gasteiger partial charge is 0.0224 e. The summed E-state index contributed by atoms with van der Waals surface area (Å²) in [5.74, 6) is 0. The second kappa shape index (κ2) is 6.72. The molecule has 2 rings (SSSR count). The van der Waals surface area contributed by atoms with Crippen molar-refractivity contribution >= 4 is 0 Å². The zero-order valence-electron chi connectivity index (χ0n) is 11.6. The van der Waals surface area contributed by atoms with Crippen LogP contribution in [0.3, 0.4) is 0 Å². The van der Waals surface area contributed by atoms with Crippen molar-refractivity contribution in [3.8, 4) is 0 Å². The highest BCUT2D eigenvalue weighted by Gasteiger charge is 2.30. The Hall–Kier alpha value is -0.120. The molecule has 2 aliphatic heterocycles. The summed E-state index contributed by atoms with van der Waals surface area (Å²) in [5, 5.41) is 3.58. The molecule has 0 aromatic rings. The summed E-state index contributed by atoms with van der Waals surface area (Å²) in [6.45, 7) is 12.3. The Morgan fingerprint density at radius 3 is 3.00 bits per heavy atom. The van der Waals surface area contributed by atoms with E-state index in [9.17, 15) is 0 Å². The van der Waals surface area contributed by atoms with Crippen molar-refractivity contribution in [3.05, 3.63) is 0 Å². The van der Waals surface area contributed by atoms with Crippen LogP contribution in [0.5, 0.6) is 0 Å². The van der Waals surface area contributed by atoms with Crippen molar-refractivity contribution < 1.29 is 0 Å². The number of piperazine rings is 1. The predicted molar refractivity (Wildman–Crippen MR) is 73.4 cm³/mol. The Bertz CT molecular complexity index is 220. The van der Waals surface area contributed by atoms with Gasteiger partial charge < -0.3 is 10.2 Å². The van der Waals surface area contributed by atoms with Crippen molar-refractivity contribution in [2.24, 2.45) is 0 Å². The Balaban J connectivity index is 1.63. The molecule has 0 aromatic heterocycles. The molecule has 17 heavy (non-hydrogen) atoms. The Labute approximate surface area is 107 Å². The summed E-state index contributed by atoms with van der Waals surface area (Å²) in [6, 6.07) is 1.55. The molecule has 100 valence electrons. The van der Waals surface area contributed by atoms with Gasteiger partial charge in [0, 0.05) is 31.7 Å². The van der Waals surface area contributed by atoms with Crippen LogP contribution in [0.15, 0.2) is 0 Å². The van der Waals surface area contributed by atoms with Crippen LogP contribution < -0.4 is 5.32 Å². The van der Waals surface area contributed by atoms with Crippen molar-refractivity contribution in [2.75, 3.05) is 39.3 Å². The first-order chi connectivity index (χ1) is 8.29. The fourth-order valence-electron chi connectivity index (χ4n) is 3.13. The van der Waals surface area contributed by atoms with E-state index in [4.69, 9.17) is 0 Å². The van der Waals surface area contributed by atoms with Gasteiger partial charge in [0.2, 0.25) is 0 Å². The number of nitrogens with zero attached hydrogens (tertiary/aromatic N) is 2. The minimum absolute atomic E-state index is 0.677. The predicted octanol–water partition coefficient (Wildman–Crippen LogP) is 1.54. The number of rotatable bonds is 6. The molecule has 2 saturated heterocycles. The lowest BCUT2D eigenvalue weighted by molar-refractivity contribution is 0.102. The second-order valence-electron chi connectivity index (χ2n) is 5.78. The van der Waals surface area contributed by atoms with E-state index in [1.165, 1.54) is 58.4 Å². The molecular weight excluding hydrogens is 210 g/mol. The minimum atomic E-state index is 0.677. The van der Waals surface area contributed by atoms with Gasteiger partial charge in [-0.05, 0) is 52.2 Å². The summed E-state index contributed by atoms with van der Waals surface area (Å²) in [4.78, 5) is 5.37. The summed E-state index contributed by atoms with van der Waals surface area (Å²) in [5.41, 5.74) is 0. The molecule has 0 aromatic carbocycles. The van der Waals surface area contributed by atoms with E-state index in [1.54, 1.807) is 0 Å². The van der Waals surface area contributed by atoms with Crippen LogP contribution in [0.2, 0.25) is 0 Å². The Kier molecular flexibility index (Phi) is 5.26. The Morgan fingerprint density at radius 1 is 1.29 bits per heavy atom. The van der Waals surface area contributed by atoms with Gasteiger partial charge in [-0.2, -0.15) is 0 Å². The summed E-state index contributed by atoms with van der Waals surface area (Å²) in [7, 11) is 0. The largest absolute Gasteiger partial charge is 0.314 e. The van der Waals surface area contributed by atoms with E-state index in [0.717, 1.165) is 12.6 Å². The highest BCUT2D eigenvalue weighted by atomic mass is 15.3. The maximum Gasteiger partial charge on any atom is 0.0224 e. The van der Waals surface area contributed by atoms with Crippen molar-refractivity contribution in [1.29, 1.82) is 0 Å². The standard InChI is InChI=1S/C14H29N3/c1-3-7-15-13(2)6-9-16-10-11-17-8-4-5-14(17)12-16/h13-15H,3-12H2,1-2H3. The number of fused-ring (bicyclic) bond motifs is 1. The number of hydrogen-bond acceptors (Lipinski definition) is 3. The lowest BCUT2D eigenvalue weighted by Gasteiger charge is -2.37. The lowest BCUT2D eigenvalue weighted by atomic mass is 10.1. The van der Waals surface area contributed by atoms with E-state index in [2.05, 4.69) is 29.0 Å². The maximum atomic E-state index is 3.58. The SMILES string of the molecule is CCCNC(C)CCN1CCN2CCCC2C1. The summed E-state index contributed by atoms with van der Waals surface area (Å²) < 4.78 is 0. The third-order valence-electron chi connectivity index (χ3n) is 4.29. The van der Waals surface area contributed by atoms with E-state index >= 15 is 0 Å². The van der Waals surface area contributed by atoms with Gasteiger partial charge >= 0.3 is 0 Å². The molecule has 3 heteroatoms. The molecule has 2 fully saturated rings. The first-order valence-electron chi connectivity index (χ1n) is 7.49. The van der Waals surface area contributed by atoms with Crippen LogP contribution in [0, 0.1) is 0 Å². The monoisotopic (exact) mass is 239 g/mol. The van der Waals surface area contributed by atoms with Gasteiger partial charge in [0.25, 0.3) is 0 Å². The van der Waals surface area contributed by atoms with Gasteiger partial charge in [-0.25, -0.2) is 0 Å². The van der Waals surface area contributed by atoms with Crippen LogP contribution in [0.4, 0.5) is 0 Å². The average molecular weight is 239 g/mol. The van der Waals surface area contributed by atoms with Crippen LogP contribution >= 0.6 is 0 Å². The molecular formula is C14H29N3. The molecule has 0 bridgehead atoms. The van der Waals surface area contributed by atoms with E-state index in [1.807, 2.05) is 0 Å². The quantitative estimate of drug-likeness (QED) is 0.758. The highest BCUT2D eigenvalue weighted by Crippen LogP contribution is 2.21. The van der Waals surface area contributed by atoms with Crippen molar-refractivity contribution in [1.82, 2.24) is 15.1 Å². The topological polar surface area (TPSA) is 18.5 Å². The fourth-order valence-corrected chi connectivity index (χ4v) is 3.13. The summed E-state index contributed by atoms with van der Waals surface area (Å²) >= 11 is 0. The lowest BCUT2D eigenvalue weighted by Crippen LogP contribution is -2.50. The zero-order valence-corrected chi connectivity index (χ0v) is 11.6. The first-order valence-corrected chi connectivity index (χ1v) is 7.49. The first kappa shape index (κ1) is 13.3. The molecule has 1 N–H and O–H groups in total. The van der Waals surface area contributed by atoms with Gasteiger partial charge in [-0.3, -0.25) is 4.90 Å². The minimum Gasteiger partial charge on any atom is -0.314 e. The van der Waals surface area contributed by atoms with Crippen molar-refractivity contribution in [3.63, 3.8) is 0 Å². The van der Waals surface area contributed by atoms with Crippen LogP contribution in [-0.2, 0) is 0 Å². The second-order valence-corrected chi connectivity index (χ2v) is 5.78. The fraction of sp³-hybridized carbons (Fsp3) is 1.00.